The second kappa shape index (κ2) is 9.84. The summed E-state index contributed by atoms with van der Waals surface area (Å²) in [6, 6.07) is 8.45. The van der Waals surface area contributed by atoms with Crippen molar-refractivity contribution in [2.75, 3.05) is 32.1 Å². The molecule has 0 spiro atoms. The number of sulfonamides is 1. The molecule has 0 radical (unpaired) electrons. The van der Waals surface area contributed by atoms with E-state index in [0.717, 1.165) is 19.3 Å². The second-order valence-corrected chi connectivity index (χ2v) is 9.13. The monoisotopic (exact) mass is 449 g/mol. The average Bonchev–Trinajstić information content (AvgIpc) is 3.19. The summed E-state index contributed by atoms with van der Waals surface area (Å²) < 4.78 is 33.7. The quantitative estimate of drug-likeness (QED) is 0.544. The number of hydrogen-bond donors (Lipinski definition) is 3. The van der Waals surface area contributed by atoms with E-state index in [9.17, 15) is 18.0 Å². The van der Waals surface area contributed by atoms with E-state index >= 15 is 0 Å². The smallest absolute Gasteiger partial charge is 0.286 e. The molecule has 0 saturated carbocycles. The van der Waals surface area contributed by atoms with Crippen molar-refractivity contribution >= 4 is 27.5 Å². The number of amides is 2. The van der Waals surface area contributed by atoms with Crippen LogP contribution in [0.2, 0.25) is 0 Å². The van der Waals surface area contributed by atoms with Crippen molar-refractivity contribution in [3.05, 3.63) is 42.2 Å². The Balaban J connectivity index is 1.57. The van der Waals surface area contributed by atoms with E-state index in [2.05, 4.69) is 16.2 Å². The molecular weight excluding hydrogens is 422 g/mol. The summed E-state index contributed by atoms with van der Waals surface area (Å²) >= 11 is 0. The lowest BCUT2D eigenvalue weighted by Crippen LogP contribution is -2.44. The summed E-state index contributed by atoms with van der Waals surface area (Å²) in [7, 11) is -0.544. The van der Waals surface area contributed by atoms with Gasteiger partial charge in [0.1, 0.15) is 16.3 Å². The number of aromatic nitrogens is 1. The highest BCUT2D eigenvalue weighted by molar-refractivity contribution is 7.89. The maximum Gasteiger partial charge on any atom is 0.286 e. The number of piperidine rings is 1. The minimum Gasteiger partial charge on any atom is -0.495 e. The molecule has 1 saturated heterocycles. The molecule has 0 aliphatic carbocycles. The maximum atomic E-state index is 12.8. The lowest BCUT2D eigenvalue weighted by atomic mass is 10.2. The zero-order chi connectivity index (χ0) is 22.4. The second-order valence-electron chi connectivity index (χ2n) is 7.19. The Morgan fingerprint density at radius 2 is 1.81 bits per heavy atom. The fourth-order valence-corrected chi connectivity index (χ4v) is 4.95. The molecule has 0 unspecified atom stereocenters. The van der Waals surface area contributed by atoms with Crippen LogP contribution in [0.5, 0.6) is 5.75 Å². The molecule has 11 heteroatoms. The van der Waals surface area contributed by atoms with Gasteiger partial charge in [-0.3, -0.25) is 20.4 Å². The van der Waals surface area contributed by atoms with E-state index < -0.39 is 21.8 Å². The van der Waals surface area contributed by atoms with Gasteiger partial charge in [0.2, 0.25) is 10.0 Å². The molecule has 3 rings (SSSR count). The number of benzene rings is 1. The van der Waals surface area contributed by atoms with E-state index in [4.69, 9.17) is 4.74 Å². The number of anilines is 1. The van der Waals surface area contributed by atoms with Gasteiger partial charge in [0.25, 0.3) is 11.8 Å². The highest BCUT2D eigenvalue weighted by Crippen LogP contribution is 2.23. The number of rotatable bonds is 7. The van der Waals surface area contributed by atoms with Gasteiger partial charge in [-0.2, -0.15) is 4.31 Å². The molecular formula is C20H27N5O5S. The summed E-state index contributed by atoms with van der Waals surface area (Å²) in [5.74, 6) is -0.506. The molecule has 1 aliphatic heterocycles. The van der Waals surface area contributed by atoms with Crippen molar-refractivity contribution in [3.8, 4) is 5.75 Å². The zero-order valence-electron chi connectivity index (χ0n) is 17.6. The largest absolute Gasteiger partial charge is 0.495 e. The first-order chi connectivity index (χ1) is 14.8. The van der Waals surface area contributed by atoms with Crippen molar-refractivity contribution in [1.29, 1.82) is 0 Å². The van der Waals surface area contributed by atoms with E-state index in [-0.39, 0.29) is 17.1 Å². The van der Waals surface area contributed by atoms with Crippen LogP contribution >= 0.6 is 0 Å². The van der Waals surface area contributed by atoms with Crippen molar-refractivity contribution < 1.29 is 22.7 Å². The van der Waals surface area contributed by atoms with Crippen LogP contribution in [-0.4, -0.2) is 55.8 Å². The van der Waals surface area contributed by atoms with Crippen molar-refractivity contribution in [3.63, 3.8) is 0 Å². The van der Waals surface area contributed by atoms with Gasteiger partial charge in [0.05, 0.1) is 19.3 Å². The fraction of sp³-hybridized carbons (Fsp3) is 0.400. The minimum absolute atomic E-state index is 0.0613. The summed E-state index contributed by atoms with van der Waals surface area (Å²) in [6.45, 7) is 0.865. The molecule has 1 fully saturated rings. The van der Waals surface area contributed by atoms with Crippen molar-refractivity contribution in [2.24, 2.45) is 7.05 Å². The zero-order valence-corrected chi connectivity index (χ0v) is 18.4. The Hall–Kier alpha value is -3.05. The highest BCUT2D eigenvalue weighted by Gasteiger charge is 2.28. The molecule has 10 nitrogen and oxygen atoms in total. The van der Waals surface area contributed by atoms with Crippen LogP contribution in [0.15, 0.2) is 41.4 Å². The molecule has 0 atom stereocenters. The van der Waals surface area contributed by atoms with Crippen LogP contribution in [0.25, 0.3) is 0 Å². The number of carbonyl (C=O) groups excluding carboxylic acids is 2. The summed E-state index contributed by atoms with van der Waals surface area (Å²) in [6.07, 6.45) is 4.08. The number of nitrogens with zero attached hydrogens (tertiary/aromatic N) is 2. The lowest BCUT2D eigenvalue weighted by Gasteiger charge is -2.25. The van der Waals surface area contributed by atoms with Gasteiger partial charge in [-0.1, -0.05) is 18.6 Å². The minimum atomic E-state index is -3.65. The van der Waals surface area contributed by atoms with Gasteiger partial charge in [0, 0.05) is 26.3 Å². The Morgan fingerprint density at radius 3 is 2.52 bits per heavy atom. The van der Waals surface area contributed by atoms with Crippen LogP contribution in [0, 0.1) is 0 Å². The summed E-state index contributed by atoms with van der Waals surface area (Å²) in [5.41, 5.74) is 5.38. The van der Waals surface area contributed by atoms with Crippen LogP contribution in [0.1, 0.15) is 29.8 Å². The van der Waals surface area contributed by atoms with E-state index in [1.807, 2.05) is 6.07 Å². The number of nitrogens with one attached hydrogen (secondary N) is 3. The molecule has 2 heterocycles. The number of carbonyl (C=O) groups is 2. The molecule has 31 heavy (non-hydrogen) atoms. The SMILES string of the molecule is COc1ccccc1NCC(=O)NNC(=O)c1cc(S(=O)(=O)N2CCCCC2)cn1C. The summed E-state index contributed by atoms with van der Waals surface area (Å²) in [4.78, 5) is 24.6. The first-order valence-corrected chi connectivity index (χ1v) is 11.4. The van der Waals surface area contributed by atoms with E-state index in [1.165, 1.54) is 28.2 Å². The van der Waals surface area contributed by atoms with Crippen LogP contribution in [0.3, 0.4) is 0 Å². The van der Waals surface area contributed by atoms with E-state index in [1.54, 1.807) is 25.2 Å². The molecule has 1 aromatic carbocycles. The molecule has 1 aliphatic rings. The number of aryl methyl sites for hydroxylation is 1. The van der Waals surface area contributed by atoms with Crippen LogP contribution in [-0.2, 0) is 21.9 Å². The number of methoxy groups -OCH3 is 1. The third-order valence-corrected chi connectivity index (χ3v) is 6.89. The van der Waals surface area contributed by atoms with Crippen molar-refractivity contribution in [1.82, 2.24) is 19.7 Å². The Labute approximate surface area is 181 Å². The van der Waals surface area contributed by atoms with Gasteiger partial charge in [-0.15, -0.1) is 0 Å². The van der Waals surface area contributed by atoms with Gasteiger partial charge in [0.15, 0.2) is 0 Å². The molecule has 168 valence electrons. The number of para-hydroxylation sites is 2. The first-order valence-electron chi connectivity index (χ1n) is 9.95. The molecule has 0 bridgehead atoms. The molecule has 1 aromatic heterocycles. The van der Waals surface area contributed by atoms with Crippen LogP contribution < -0.4 is 20.9 Å². The van der Waals surface area contributed by atoms with Crippen molar-refractivity contribution in [2.45, 2.75) is 24.2 Å². The number of ether oxygens (including phenoxy) is 1. The topological polar surface area (TPSA) is 122 Å². The average molecular weight is 450 g/mol. The van der Waals surface area contributed by atoms with E-state index in [0.29, 0.717) is 24.5 Å². The van der Waals surface area contributed by atoms with Gasteiger partial charge in [-0.25, -0.2) is 8.42 Å². The molecule has 2 amide bonds. The standard InChI is InChI=1S/C20H27N5O5S/c1-24-14-15(31(28,29)25-10-6-3-7-11-25)12-17(24)20(27)23-22-19(26)13-21-16-8-4-5-9-18(16)30-2/h4-5,8-9,12,14,21H,3,6-7,10-11,13H2,1-2H3,(H,22,26)(H,23,27). The normalized spacial score (nSPS) is 14.6. The van der Waals surface area contributed by atoms with Gasteiger partial charge in [-0.05, 0) is 31.0 Å². The number of hydrazine groups is 1. The fourth-order valence-electron chi connectivity index (χ4n) is 3.36. The Morgan fingerprint density at radius 1 is 1.10 bits per heavy atom. The van der Waals surface area contributed by atoms with Gasteiger partial charge >= 0.3 is 0 Å². The Kier molecular flexibility index (Phi) is 7.18. The maximum absolute atomic E-state index is 12.8. The molecule has 2 aromatic rings. The predicted octanol–water partition coefficient (Wildman–Crippen LogP) is 1.08. The lowest BCUT2D eigenvalue weighted by molar-refractivity contribution is -0.120. The Bertz CT molecular complexity index is 1040. The van der Waals surface area contributed by atoms with Gasteiger partial charge < -0.3 is 14.6 Å². The third kappa shape index (κ3) is 5.36. The first kappa shape index (κ1) is 22.6. The number of hydrogen-bond acceptors (Lipinski definition) is 6. The molecule has 3 N–H and O–H groups in total. The summed E-state index contributed by atoms with van der Waals surface area (Å²) in [5, 5.41) is 2.92. The van der Waals surface area contributed by atoms with Crippen LogP contribution in [0.4, 0.5) is 5.69 Å². The predicted molar refractivity (Wildman–Crippen MR) is 115 cm³/mol. The third-order valence-electron chi connectivity index (χ3n) is 5.03. The highest BCUT2D eigenvalue weighted by atomic mass is 32.2.